The molecule has 1 saturated heterocycles. The van der Waals surface area contributed by atoms with Crippen LogP contribution in [0.4, 0.5) is 5.82 Å². The molecule has 0 bridgehead atoms. The Morgan fingerprint density at radius 1 is 1.27 bits per heavy atom. The van der Waals surface area contributed by atoms with Crippen LogP contribution in [0.5, 0.6) is 0 Å². The molecular formula is C18H21N7O. The standard InChI is InChI=1S/C18H21N7O/c1-3-24-17(26)9-14(18(24)13-5-4-8-19-10-13)11-20-15-6-7-16-21-12(2)22-25(16)23-15/h4-8,10,14,18H,3,9,11H2,1-2H3,(H,20,23)/t14-,18-/m0/s1. The second-order valence-electron chi connectivity index (χ2n) is 6.48. The van der Waals surface area contributed by atoms with Crippen LogP contribution in [0.25, 0.3) is 5.65 Å². The zero-order valence-corrected chi connectivity index (χ0v) is 14.8. The Bertz CT molecular complexity index is 924. The number of anilines is 1. The average molecular weight is 351 g/mol. The molecule has 2 atom stereocenters. The van der Waals surface area contributed by atoms with Gasteiger partial charge < -0.3 is 10.2 Å². The van der Waals surface area contributed by atoms with Crippen LogP contribution >= 0.6 is 0 Å². The predicted molar refractivity (Wildman–Crippen MR) is 96.5 cm³/mol. The molecule has 134 valence electrons. The zero-order chi connectivity index (χ0) is 18.1. The number of carbonyl (C=O) groups is 1. The third kappa shape index (κ3) is 2.98. The molecule has 0 saturated carbocycles. The van der Waals surface area contributed by atoms with E-state index in [1.165, 1.54) is 4.63 Å². The highest BCUT2D eigenvalue weighted by Crippen LogP contribution is 2.37. The van der Waals surface area contributed by atoms with Crippen molar-refractivity contribution in [3.63, 3.8) is 0 Å². The summed E-state index contributed by atoms with van der Waals surface area (Å²) in [5.41, 5.74) is 1.79. The molecule has 1 fully saturated rings. The number of rotatable bonds is 5. The minimum absolute atomic E-state index is 0.0334. The molecule has 8 nitrogen and oxygen atoms in total. The number of pyridine rings is 1. The normalized spacial score (nSPS) is 20.1. The highest BCUT2D eigenvalue weighted by molar-refractivity contribution is 5.79. The van der Waals surface area contributed by atoms with Crippen LogP contribution in [0.2, 0.25) is 0 Å². The topological polar surface area (TPSA) is 88.3 Å². The lowest BCUT2D eigenvalue weighted by Crippen LogP contribution is -2.30. The summed E-state index contributed by atoms with van der Waals surface area (Å²) in [6.45, 7) is 5.19. The number of hydrogen-bond acceptors (Lipinski definition) is 6. The number of nitrogens with one attached hydrogen (secondary N) is 1. The molecule has 3 aromatic heterocycles. The van der Waals surface area contributed by atoms with Crippen molar-refractivity contribution < 1.29 is 4.79 Å². The molecule has 0 aliphatic carbocycles. The Balaban J connectivity index is 1.54. The first-order chi connectivity index (χ1) is 12.7. The van der Waals surface area contributed by atoms with Gasteiger partial charge in [-0.1, -0.05) is 6.07 Å². The molecule has 1 N–H and O–H groups in total. The minimum Gasteiger partial charge on any atom is -0.368 e. The summed E-state index contributed by atoms with van der Waals surface area (Å²) < 4.78 is 1.52. The number of fused-ring (bicyclic) bond motifs is 1. The summed E-state index contributed by atoms with van der Waals surface area (Å²) in [5.74, 6) is 1.74. The van der Waals surface area contributed by atoms with Crippen molar-refractivity contribution in [1.82, 2.24) is 29.7 Å². The first kappa shape index (κ1) is 16.4. The maximum Gasteiger partial charge on any atom is 0.223 e. The SMILES string of the molecule is CCN1C(=O)C[C@@H](CNc2ccc3nc(C)nn3n2)[C@@H]1c1cccnc1. The molecule has 1 aliphatic rings. The molecule has 0 spiro atoms. The van der Waals surface area contributed by atoms with Crippen LogP contribution in [0.15, 0.2) is 36.7 Å². The van der Waals surface area contributed by atoms with Crippen molar-refractivity contribution in [2.75, 3.05) is 18.4 Å². The predicted octanol–water partition coefficient (Wildman–Crippen LogP) is 1.85. The quantitative estimate of drug-likeness (QED) is 0.755. The first-order valence-electron chi connectivity index (χ1n) is 8.79. The molecule has 1 aliphatic heterocycles. The monoisotopic (exact) mass is 351 g/mol. The number of aryl methyl sites for hydroxylation is 1. The molecule has 8 heteroatoms. The zero-order valence-electron chi connectivity index (χ0n) is 14.8. The van der Waals surface area contributed by atoms with E-state index >= 15 is 0 Å². The summed E-state index contributed by atoms with van der Waals surface area (Å²) in [5, 5.41) is 12.0. The molecule has 0 radical (unpaired) electrons. The van der Waals surface area contributed by atoms with Crippen LogP contribution in [-0.4, -0.2) is 48.7 Å². The fourth-order valence-electron chi connectivity index (χ4n) is 3.64. The van der Waals surface area contributed by atoms with Crippen molar-refractivity contribution in [2.45, 2.75) is 26.3 Å². The lowest BCUT2D eigenvalue weighted by atomic mass is 9.94. The van der Waals surface area contributed by atoms with E-state index < -0.39 is 0 Å². The van der Waals surface area contributed by atoms with Crippen molar-refractivity contribution in [3.8, 4) is 0 Å². The highest BCUT2D eigenvalue weighted by atomic mass is 16.2. The highest BCUT2D eigenvalue weighted by Gasteiger charge is 2.39. The van der Waals surface area contributed by atoms with Crippen molar-refractivity contribution >= 4 is 17.4 Å². The van der Waals surface area contributed by atoms with Gasteiger partial charge in [0.1, 0.15) is 11.6 Å². The number of carbonyl (C=O) groups excluding carboxylic acids is 1. The van der Waals surface area contributed by atoms with Crippen molar-refractivity contribution in [1.29, 1.82) is 0 Å². The van der Waals surface area contributed by atoms with Gasteiger partial charge in [0.05, 0.1) is 6.04 Å². The van der Waals surface area contributed by atoms with E-state index in [2.05, 4.69) is 25.5 Å². The van der Waals surface area contributed by atoms with Gasteiger partial charge in [-0.05, 0) is 37.6 Å². The largest absolute Gasteiger partial charge is 0.368 e. The molecule has 4 rings (SSSR count). The summed E-state index contributed by atoms with van der Waals surface area (Å²) >= 11 is 0. The van der Waals surface area contributed by atoms with Gasteiger partial charge in [0.15, 0.2) is 5.65 Å². The fourth-order valence-corrected chi connectivity index (χ4v) is 3.64. The third-order valence-electron chi connectivity index (χ3n) is 4.76. The number of hydrogen-bond donors (Lipinski definition) is 1. The maximum absolute atomic E-state index is 12.4. The molecule has 3 aromatic rings. The van der Waals surface area contributed by atoms with Gasteiger partial charge in [-0.25, -0.2) is 4.98 Å². The average Bonchev–Trinajstić information content (AvgIpc) is 3.18. The summed E-state index contributed by atoms with van der Waals surface area (Å²) in [4.78, 5) is 22.9. The number of amides is 1. The first-order valence-corrected chi connectivity index (χ1v) is 8.79. The number of nitrogens with zero attached hydrogens (tertiary/aromatic N) is 6. The Morgan fingerprint density at radius 2 is 2.15 bits per heavy atom. The molecular weight excluding hydrogens is 330 g/mol. The minimum atomic E-state index is 0.0334. The van der Waals surface area contributed by atoms with Gasteiger partial charge in [-0.3, -0.25) is 9.78 Å². The van der Waals surface area contributed by atoms with Crippen LogP contribution in [0, 0.1) is 12.8 Å². The molecule has 4 heterocycles. The van der Waals surface area contributed by atoms with Gasteiger partial charge in [-0.2, -0.15) is 0 Å². The van der Waals surface area contributed by atoms with E-state index in [9.17, 15) is 4.79 Å². The summed E-state index contributed by atoms with van der Waals surface area (Å²) in [6.07, 6.45) is 4.12. The van der Waals surface area contributed by atoms with Crippen molar-refractivity contribution in [3.05, 3.63) is 48.0 Å². The molecule has 26 heavy (non-hydrogen) atoms. The van der Waals surface area contributed by atoms with E-state index in [4.69, 9.17) is 0 Å². The molecule has 0 aromatic carbocycles. The Morgan fingerprint density at radius 3 is 2.92 bits per heavy atom. The lowest BCUT2D eigenvalue weighted by Gasteiger charge is -2.27. The second-order valence-corrected chi connectivity index (χ2v) is 6.48. The van der Waals surface area contributed by atoms with E-state index in [-0.39, 0.29) is 17.9 Å². The van der Waals surface area contributed by atoms with Crippen LogP contribution < -0.4 is 5.32 Å². The van der Waals surface area contributed by atoms with Gasteiger partial charge >= 0.3 is 0 Å². The molecule has 0 unspecified atom stereocenters. The fraction of sp³-hybridized carbons (Fsp3) is 0.389. The second kappa shape index (κ2) is 6.70. The van der Waals surface area contributed by atoms with Crippen molar-refractivity contribution in [2.24, 2.45) is 5.92 Å². The number of aromatic nitrogens is 5. The van der Waals surface area contributed by atoms with Crippen LogP contribution in [0.3, 0.4) is 0 Å². The van der Waals surface area contributed by atoms with Gasteiger partial charge in [0, 0.05) is 37.8 Å². The number of likely N-dealkylation sites (tertiary alicyclic amines) is 1. The summed E-state index contributed by atoms with van der Waals surface area (Å²) in [7, 11) is 0. The van der Waals surface area contributed by atoms with Crippen LogP contribution in [-0.2, 0) is 4.79 Å². The van der Waals surface area contributed by atoms with Gasteiger partial charge in [0.25, 0.3) is 0 Å². The Labute approximate surface area is 151 Å². The third-order valence-corrected chi connectivity index (χ3v) is 4.76. The van der Waals surface area contributed by atoms with Crippen LogP contribution in [0.1, 0.15) is 30.8 Å². The maximum atomic E-state index is 12.4. The van der Waals surface area contributed by atoms with E-state index in [1.54, 1.807) is 6.20 Å². The van der Waals surface area contributed by atoms with E-state index in [0.29, 0.717) is 25.3 Å². The van der Waals surface area contributed by atoms with E-state index in [1.807, 2.05) is 49.2 Å². The van der Waals surface area contributed by atoms with Gasteiger partial charge in [-0.15, -0.1) is 14.8 Å². The lowest BCUT2D eigenvalue weighted by molar-refractivity contribution is -0.128. The molecule has 1 amide bonds. The van der Waals surface area contributed by atoms with Gasteiger partial charge in [0.2, 0.25) is 5.91 Å². The Hall–Kier alpha value is -3.03. The Kier molecular flexibility index (Phi) is 4.24. The summed E-state index contributed by atoms with van der Waals surface area (Å²) in [6, 6.07) is 7.75. The van der Waals surface area contributed by atoms with E-state index in [0.717, 1.165) is 17.0 Å². The smallest absolute Gasteiger partial charge is 0.223 e.